The minimum Gasteiger partial charge on any atom is -0.493 e. The maximum absolute atomic E-state index is 13.1. The highest BCUT2D eigenvalue weighted by molar-refractivity contribution is 8.26. The molecule has 0 bridgehead atoms. The predicted octanol–water partition coefficient (Wildman–Crippen LogP) is 6.88. The molecule has 1 aromatic heterocycles. The summed E-state index contributed by atoms with van der Waals surface area (Å²) in [6, 6.07) is 16.1. The van der Waals surface area contributed by atoms with Crippen LogP contribution in [0.4, 0.5) is 0 Å². The van der Waals surface area contributed by atoms with Crippen molar-refractivity contribution in [1.82, 2.24) is 14.7 Å². The first kappa shape index (κ1) is 25.2. The number of thioether (sulfide) groups is 1. The second-order valence-electron chi connectivity index (χ2n) is 9.08. The van der Waals surface area contributed by atoms with E-state index in [-0.39, 0.29) is 5.91 Å². The number of hydrogen-bond donors (Lipinski definition) is 0. The van der Waals surface area contributed by atoms with Crippen LogP contribution in [0, 0.1) is 12.8 Å². The Morgan fingerprint density at radius 1 is 1.17 bits per heavy atom. The van der Waals surface area contributed by atoms with Gasteiger partial charge >= 0.3 is 0 Å². The zero-order valence-corrected chi connectivity index (χ0v) is 22.3. The molecule has 2 aromatic carbocycles. The summed E-state index contributed by atoms with van der Waals surface area (Å²) in [4.78, 5) is 15.4. The van der Waals surface area contributed by atoms with Crippen LogP contribution < -0.4 is 4.74 Å². The number of amides is 1. The number of para-hydroxylation sites is 1. The third-order valence-corrected chi connectivity index (χ3v) is 7.05. The van der Waals surface area contributed by atoms with Gasteiger partial charge in [-0.3, -0.25) is 9.69 Å². The van der Waals surface area contributed by atoms with Crippen LogP contribution in [-0.2, 0) is 4.79 Å². The first-order chi connectivity index (χ1) is 16.9. The third-order valence-electron chi connectivity index (χ3n) is 5.68. The SMILES string of the molecule is CCCCOc1ccc(-c2nn(-c3ccccc3)cc2/C=C2\SC(=S)N(CC(C)C)C2=O)cc1C. The van der Waals surface area contributed by atoms with Gasteiger partial charge < -0.3 is 4.74 Å². The highest BCUT2D eigenvalue weighted by atomic mass is 32.2. The van der Waals surface area contributed by atoms with E-state index in [1.54, 1.807) is 4.90 Å². The molecule has 0 aliphatic carbocycles. The summed E-state index contributed by atoms with van der Waals surface area (Å²) in [7, 11) is 0. The number of carbonyl (C=O) groups is 1. The molecule has 1 aliphatic rings. The van der Waals surface area contributed by atoms with Gasteiger partial charge in [0, 0.05) is 23.9 Å². The van der Waals surface area contributed by atoms with E-state index < -0.39 is 0 Å². The summed E-state index contributed by atoms with van der Waals surface area (Å²) in [5, 5.41) is 4.91. The van der Waals surface area contributed by atoms with Gasteiger partial charge in [-0.1, -0.05) is 69.4 Å². The number of carbonyl (C=O) groups excluding carboxylic acids is 1. The number of rotatable bonds is 9. The Labute approximate surface area is 217 Å². The van der Waals surface area contributed by atoms with E-state index in [9.17, 15) is 4.79 Å². The molecular formula is C28H31N3O2S2. The molecule has 182 valence electrons. The molecule has 0 spiro atoms. The van der Waals surface area contributed by atoms with Crippen molar-refractivity contribution in [2.24, 2.45) is 5.92 Å². The fourth-order valence-corrected chi connectivity index (χ4v) is 5.15. The standard InChI is InChI=1S/C28H31N3O2S2/c1-5-6-14-33-24-13-12-21(15-20(24)4)26-22(18-31(29-26)23-10-8-7-9-11-23)16-25-27(32)30(17-19(2)3)28(34)35-25/h7-13,15-16,18-19H,5-6,14,17H2,1-4H3/b25-16-. The van der Waals surface area contributed by atoms with Crippen LogP contribution >= 0.6 is 24.0 Å². The van der Waals surface area contributed by atoms with Crippen LogP contribution in [0.1, 0.15) is 44.7 Å². The van der Waals surface area contributed by atoms with E-state index in [2.05, 4.69) is 33.8 Å². The summed E-state index contributed by atoms with van der Waals surface area (Å²) in [6.45, 7) is 9.71. The van der Waals surface area contributed by atoms with E-state index >= 15 is 0 Å². The number of unbranched alkanes of at least 4 members (excludes halogenated alkanes) is 1. The Balaban J connectivity index is 1.73. The Morgan fingerprint density at radius 3 is 2.63 bits per heavy atom. The smallest absolute Gasteiger partial charge is 0.266 e. The van der Waals surface area contributed by atoms with E-state index in [0.29, 0.717) is 28.3 Å². The van der Waals surface area contributed by atoms with Crippen LogP contribution in [0.25, 0.3) is 23.0 Å². The lowest BCUT2D eigenvalue weighted by Crippen LogP contribution is -2.31. The van der Waals surface area contributed by atoms with Crippen molar-refractivity contribution in [2.75, 3.05) is 13.2 Å². The molecule has 0 unspecified atom stereocenters. The molecule has 2 heterocycles. The largest absolute Gasteiger partial charge is 0.493 e. The highest BCUT2D eigenvalue weighted by Crippen LogP contribution is 2.36. The maximum Gasteiger partial charge on any atom is 0.266 e. The molecule has 4 rings (SSSR count). The van der Waals surface area contributed by atoms with Gasteiger partial charge in [-0.15, -0.1) is 0 Å². The molecule has 35 heavy (non-hydrogen) atoms. The van der Waals surface area contributed by atoms with Crippen LogP contribution in [0.3, 0.4) is 0 Å². The van der Waals surface area contributed by atoms with Crippen molar-refractivity contribution in [3.63, 3.8) is 0 Å². The molecule has 1 saturated heterocycles. The van der Waals surface area contributed by atoms with Gasteiger partial charge in [0.1, 0.15) is 15.8 Å². The lowest BCUT2D eigenvalue weighted by Gasteiger charge is -2.16. The fraction of sp³-hybridized carbons (Fsp3) is 0.321. The van der Waals surface area contributed by atoms with E-state index in [4.69, 9.17) is 22.1 Å². The molecule has 3 aromatic rings. The minimum absolute atomic E-state index is 0.0389. The van der Waals surface area contributed by atoms with Crippen LogP contribution in [0.15, 0.2) is 59.6 Å². The van der Waals surface area contributed by atoms with Gasteiger partial charge in [0.05, 0.1) is 17.2 Å². The van der Waals surface area contributed by atoms with Crippen LogP contribution in [0.2, 0.25) is 0 Å². The van der Waals surface area contributed by atoms with Gasteiger partial charge in [-0.2, -0.15) is 5.10 Å². The molecule has 0 N–H and O–H groups in total. The molecule has 7 heteroatoms. The molecule has 1 fully saturated rings. The first-order valence-corrected chi connectivity index (χ1v) is 13.2. The van der Waals surface area contributed by atoms with Crippen LogP contribution in [-0.4, -0.2) is 38.1 Å². The molecule has 0 saturated carbocycles. The van der Waals surface area contributed by atoms with E-state index in [1.807, 2.05) is 59.4 Å². The Hall–Kier alpha value is -2.90. The van der Waals surface area contributed by atoms with Crippen LogP contribution in [0.5, 0.6) is 5.75 Å². The average Bonchev–Trinajstić information content (AvgIpc) is 3.37. The number of thiocarbonyl (C=S) groups is 1. The monoisotopic (exact) mass is 505 g/mol. The summed E-state index contributed by atoms with van der Waals surface area (Å²) in [5.74, 6) is 1.19. The normalized spacial score (nSPS) is 15.0. The zero-order valence-electron chi connectivity index (χ0n) is 20.7. The number of hydrogen-bond acceptors (Lipinski definition) is 5. The topological polar surface area (TPSA) is 47.4 Å². The van der Waals surface area contributed by atoms with Crippen molar-refractivity contribution in [3.8, 4) is 22.7 Å². The van der Waals surface area contributed by atoms with Crippen molar-refractivity contribution in [1.29, 1.82) is 0 Å². The first-order valence-electron chi connectivity index (χ1n) is 12.0. The number of aryl methyl sites for hydroxylation is 1. The molecule has 1 amide bonds. The summed E-state index contributed by atoms with van der Waals surface area (Å²) in [6.07, 6.45) is 6.02. The number of benzene rings is 2. The number of nitrogens with zero attached hydrogens (tertiary/aromatic N) is 3. The minimum atomic E-state index is -0.0389. The second kappa shape index (κ2) is 11.2. The van der Waals surface area contributed by atoms with E-state index in [1.165, 1.54) is 11.8 Å². The summed E-state index contributed by atoms with van der Waals surface area (Å²) >= 11 is 6.86. The molecule has 1 aliphatic heterocycles. The Morgan fingerprint density at radius 2 is 1.94 bits per heavy atom. The molecule has 0 radical (unpaired) electrons. The second-order valence-corrected chi connectivity index (χ2v) is 10.8. The molecule has 5 nitrogen and oxygen atoms in total. The predicted molar refractivity (Wildman–Crippen MR) is 149 cm³/mol. The Bertz CT molecular complexity index is 1250. The lowest BCUT2D eigenvalue weighted by atomic mass is 10.0. The highest BCUT2D eigenvalue weighted by Gasteiger charge is 2.32. The van der Waals surface area contributed by atoms with Crippen molar-refractivity contribution < 1.29 is 9.53 Å². The summed E-state index contributed by atoms with van der Waals surface area (Å²) in [5.41, 5.74) is 4.67. The molecular weight excluding hydrogens is 474 g/mol. The van der Waals surface area contributed by atoms with E-state index in [0.717, 1.165) is 46.7 Å². The van der Waals surface area contributed by atoms with Gasteiger partial charge in [0.25, 0.3) is 5.91 Å². The zero-order chi connectivity index (χ0) is 24.9. The van der Waals surface area contributed by atoms with Gasteiger partial charge in [-0.25, -0.2) is 4.68 Å². The van der Waals surface area contributed by atoms with Gasteiger partial charge in [0.2, 0.25) is 0 Å². The van der Waals surface area contributed by atoms with Gasteiger partial charge in [0.15, 0.2) is 0 Å². The van der Waals surface area contributed by atoms with Crippen molar-refractivity contribution in [2.45, 2.75) is 40.5 Å². The fourth-order valence-electron chi connectivity index (χ4n) is 3.88. The Kier molecular flexibility index (Phi) is 8.08. The van der Waals surface area contributed by atoms with Crippen molar-refractivity contribution in [3.05, 3.63) is 70.8 Å². The average molecular weight is 506 g/mol. The van der Waals surface area contributed by atoms with Crippen molar-refractivity contribution >= 4 is 40.3 Å². The molecule has 0 atom stereocenters. The quantitative estimate of drug-likeness (QED) is 0.180. The third kappa shape index (κ3) is 5.85. The maximum atomic E-state index is 13.1. The van der Waals surface area contributed by atoms with Gasteiger partial charge in [-0.05, 0) is 61.2 Å². The number of aromatic nitrogens is 2. The number of ether oxygens (including phenoxy) is 1. The summed E-state index contributed by atoms with van der Waals surface area (Å²) < 4.78 is 8.41. The lowest BCUT2D eigenvalue weighted by molar-refractivity contribution is -0.122.